The Hall–Kier alpha value is -4.16. The zero-order valence-corrected chi connectivity index (χ0v) is 18.4. The number of rotatable bonds is 5. The molecule has 0 radical (unpaired) electrons. The normalized spacial score (nSPS) is 11.2. The van der Waals surface area contributed by atoms with Crippen LogP contribution in [-0.4, -0.2) is 25.5 Å². The SMILES string of the molecule is COC(=O)c1c(Oc2cccc(C#N)c2)c(F)cc2c1ccn2S(=O)(=O)c1ccc(C)cc1. The molecule has 0 bridgehead atoms. The van der Waals surface area contributed by atoms with Gasteiger partial charge >= 0.3 is 5.97 Å². The molecular weight excluding hydrogens is 447 g/mol. The van der Waals surface area contributed by atoms with E-state index in [1.165, 1.54) is 36.5 Å². The fourth-order valence-electron chi connectivity index (χ4n) is 3.39. The van der Waals surface area contributed by atoms with Crippen molar-refractivity contribution >= 4 is 26.9 Å². The fourth-order valence-corrected chi connectivity index (χ4v) is 4.73. The van der Waals surface area contributed by atoms with Gasteiger partial charge in [0.1, 0.15) is 11.3 Å². The van der Waals surface area contributed by atoms with E-state index in [9.17, 15) is 13.2 Å². The second kappa shape index (κ2) is 8.41. The molecule has 4 rings (SSSR count). The summed E-state index contributed by atoms with van der Waals surface area (Å²) in [5.41, 5.74) is 0.843. The van der Waals surface area contributed by atoms with Gasteiger partial charge in [-0.2, -0.15) is 5.26 Å². The van der Waals surface area contributed by atoms with Gasteiger partial charge in [-0.3, -0.25) is 0 Å². The van der Waals surface area contributed by atoms with Crippen LogP contribution in [0.15, 0.2) is 71.8 Å². The Bertz CT molecular complexity index is 1530. The maximum atomic E-state index is 15.2. The Morgan fingerprint density at radius 2 is 1.82 bits per heavy atom. The summed E-state index contributed by atoms with van der Waals surface area (Å²) >= 11 is 0. The van der Waals surface area contributed by atoms with Gasteiger partial charge in [-0.15, -0.1) is 0 Å². The summed E-state index contributed by atoms with van der Waals surface area (Å²) in [4.78, 5) is 12.6. The number of esters is 1. The predicted octanol–water partition coefficient (Wildman–Crippen LogP) is 4.78. The first kappa shape index (κ1) is 22.0. The van der Waals surface area contributed by atoms with Crippen LogP contribution in [0.3, 0.4) is 0 Å². The molecule has 0 fully saturated rings. The smallest absolute Gasteiger partial charge is 0.342 e. The number of hydrogen-bond donors (Lipinski definition) is 0. The summed E-state index contributed by atoms with van der Waals surface area (Å²) in [6.07, 6.45) is 1.24. The van der Waals surface area contributed by atoms with E-state index in [1.54, 1.807) is 24.3 Å². The number of carbonyl (C=O) groups is 1. The number of aryl methyl sites for hydroxylation is 1. The van der Waals surface area contributed by atoms with Crippen LogP contribution in [0, 0.1) is 24.1 Å². The van der Waals surface area contributed by atoms with Crippen molar-refractivity contribution in [3.05, 3.63) is 89.4 Å². The third-order valence-corrected chi connectivity index (χ3v) is 6.72. The number of aromatic nitrogens is 1. The van der Waals surface area contributed by atoms with E-state index in [0.717, 1.165) is 22.7 Å². The first-order valence-corrected chi connectivity index (χ1v) is 11.1. The molecule has 0 aliphatic heterocycles. The van der Waals surface area contributed by atoms with Crippen LogP contribution in [0.4, 0.5) is 4.39 Å². The van der Waals surface area contributed by atoms with Crippen LogP contribution < -0.4 is 4.74 Å². The molecule has 1 heterocycles. The van der Waals surface area contributed by atoms with Crippen LogP contribution >= 0.6 is 0 Å². The van der Waals surface area contributed by atoms with Crippen molar-refractivity contribution in [2.24, 2.45) is 0 Å². The summed E-state index contributed by atoms with van der Waals surface area (Å²) in [6, 6.07) is 16.5. The Labute approximate surface area is 189 Å². The highest BCUT2D eigenvalue weighted by molar-refractivity contribution is 7.90. The molecule has 0 amide bonds. The molecule has 4 aromatic rings. The maximum absolute atomic E-state index is 15.2. The number of benzene rings is 3. The third kappa shape index (κ3) is 3.92. The zero-order chi connectivity index (χ0) is 23.8. The molecule has 0 saturated heterocycles. The number of fused-ring (bicyclic) bond motifs is 1. The van der Waals surface area contributed by atoms with Gasteiger partial charge in [-0.1, -0.05) is 23.8 Å². The van der Waals surface area contributed by atoms with Gasteiger partial charge in [0.25, 0.3) is 10.0 Å². The molecule has 0 N–H and O–H groups in total. The summed E-state index contributed by atoms with van der Waals surface area (Å²) in [5, 5.41) is 9.21. The van der Waals surface area contributed by atoms with E-state index in [-0.39, 0.29) is 32.7 Å². The minimum Gasteiger partial charge on any atom is -0.465 e. The van der Waals surface area contributed by atoms with Crippen LogP contribution in [0.1, 0.15) is 21.5 Å². The average molecular weight is 464 g/mol. The van der Waals surface area contributed by atoms with Crippen molar-refractivity contribution in [3.8, 4) is 17.6 Å². The van der Waals surface area contributed by atoms with E-state index in [2.05, 4.69) is 0 Å². The number of nitrogens with zero attached hydrogens (tertiary/aromatic N) is 2. The van der Waals surface area contributed by atoms with Crippen LogP contribution in [0.2, 0.25) is 0 Å². The van der Waals surface area contributed by atoms with Crippen molar-refractivity contribution < 1.29 is 27.1 Å². The lowest BCUT2D eigenvalue weighted by molar-refractivity contribution is 0.0599. The molecule has 166 valence electrons. The summed E-state index contributed by atoms with van der Waals surface area (Å²) in [6.45, 7) is 1.83. The minimum atomic E-state index is -4.06. The van der Waals surface area contributed by atoms with Crippen molar-refractivity contribution in [2.75, 3.05) is 7.11 Å². The van der Waals surface area contributed by atoms with Crippen molar-refractivity contribution in [1.29, 1.82) is 5.26 Å². The Morgan fingerprint density at radius 3 is 2.48 bits per heavy atom. The molecule has 33 heavy (non-hydrogen) atoms. The fraction of sp³-hybridized carbons (Fsp3) is 0.0833. The summed E-state index contributed by atoms with van der Waals surface area (Å²) < 4.78 is 53.0. The highest BCUT2D eigenvalue weighted by Crippen LogP contribution is 2.37. The Kier molecular flexibility index (Phi) is 5.62. The van der Waals surface area contributed by atoms with E-state index in [1.807, 2.05) is 13.0 Å². The molecule has 1 aromatic heterocycles. The molecule has 9 heteroatoms. The number of hydrogen-bond acceptors (Lipinski definition) is 6. The van der Waals surface area contributed by atoms with Crippen molar-refractivity contribution in [1.82, 2.24) is 3.97 Å². The quantitative estimate of drug-likeness (QED) is 0.395. The lowest BCUT2D eigenvalue weighted by Gasteiger charge is -2.14. The molecule has 3 aromatic carbocycles. The largest absolute Gasteiger partial charge is 0.465 e. The molecular formula is C24H17FN2O5S. The zero-order valence-electron chi connectivity index (χ0n) is 17.6. The molecule has 0 unspecified atom stereocenters. The van der Waals surface area contributed by atoms with Gasteiger partial charge in [0.2, 0.25) is 0 Å². The molecule has 0 saturated carbocycles. The Balaban J connectivity index is 1.92. The van der Waals surface area contributed by atoms with E-state index in [0.29, 0.717) is 0 Å². The van der Waals surface area contributed by atoms with Gasteiger partial charge in [-0.25, -0.2) is 21.6 Å². The second-order valence-corrected chi connectivity index (χ2v) is 8.97. The van der Waals surface area contributed by atoms with Gasteiger partial charge in [-0.05, 0) is 43.3 Å². The van der Waals surface area contributed by atoms with Crippen molar-refractivity contribution in [2.45, 2.75) is 11.8 Å². The average Bonchev–Trinajstić information content (AvgIpc) is 3.23. The number of nitriles is 1. The number of carbonyl (C=O) groups excluding carboxylic acids is 1. The lowest BCUT2D eigenvalue weighted by atomic mass is 10.1. The number of halogens is 1. The van der Waals surface area contributed by atoms with Crippen LogP contribution in [-0.2, 0) is 14.8 Å². The van der Waals surface area contributed by atoms with Crippen molar-refractivity contribution in [3.63, 3.8) is 0 Å². The summed E-state index contributed by atoms with van der Waals surface area (Å²) in [7, 11) is -2.94. The molecule has 7 nitrogen and oxygen atoms in total. The number of methoxy groups -OCH3 is 1. The van der Waals surface area contributed by atoms with Gasteiger partial charge in [0, 0.05) is 17.6 Å². The number of ether oxygens (including phenoxy) is 2. The van der Waals surface area contributed by atoms with Gasteiger partial charge in [0.15, 0.2) is 11.6 Å². The molecule has 0 aliphatic rings. The topological polar surface area (TPSA) is 98.4 Å². The van der Waals surface area contributed by atoms with E-state index >= 15 is 4.39 Å². The second-order valence-electron chi connectivity index (χ2n) is 7.16. The minimum absolute atomic E-state index is 0.0132. The van der Waals surface area contributed by atoms with Gasteiger partial charge in [0.05, 0.1) is 29.2 Å². The van der Waals surface area contributed by atoms with E-state index in [4.69, 9.17) is 14.7 Å². The first-order chi connectivity index (χ1) is 15.8. The molecule has 0 aliphatic carbocycles. The monoisotopic (exact) mass is 464 g/mol. The van der Waals surface area contributed by atoms with E-state index < -0.39 is 27.6 Å². The Morgan fingerprint density at radius 1 is 1.09 bits per heavy atom. The lowest BCUT2D eigenvalue weighted by Crippen LogP contribution is -2.13. The molecule has 0 atom stereocenters. The first-order valence-electron chi connectivity index (χ1n) is 9.68. The predicted molar refractivity (Wildman–Crippen MR) is 118 cm³/mol. The summed E-state index contributed by atoms with van der Waals surface area (Å²) in [5.74, 6) is -2.18. The maximum Gasteiger partial charge on any atom is 0.342 e. The standard InChI is InChI=1S/C24H17FN2O5S/c1-15-6-8-18(9-7-15)33(29,30)27-11-10-19-21(27)13-20(25)23(22(19)24(28)31-2)32-17-5-3-4-16(12-17)14-26/h3-13H,1-2H3. The van der Waals surface area contributed by atoms with Crippen LogP contribution in [0.5, 0.6) is 11.5 Å². The third-order valence-electron chi connectivity index (χ3n) is 5.02. The van der Waals surface area contributed by atoms with Gasteiger partial charge < -0.3 is 9.47 Å². The van der Waals surface area contributed by atoms with Crippen LogP contribution in [0.25, 0.3) is 10.9 Å². The highest BCUT2D eigenvalue weighted by Gasteiger charge is 2.27. The highest BCUT2D eigenvalue weighted by atomic mass is 32.2. The molecule has 0 spiro atoms.